The quantitative estimate of drug-likeness (QED) is 0.701. The largest absolute Gasteiger partial charge is 0.362 e. The molecule has 1 aromatic rings. The third-order valence-corrected chi connectivity index (χ3v) is 3.35. The highest BCUT2D eigenvalue weighted by Gasteiger charge is 2.12. The van der Waals surface area contributed by atoms with Crippen molar-refractivity contribution in [3.05, 3.63) is 35.9 Å². The Kier molecular flexibility index (Phi) is 3.73. The number of benzene rings is 1. The standard InChI is InChI=1S/C13H17NS/c15-13-9-5-2-6-10-14(13)11-12-7-3-1-4-8-12/h1,3-4,7-8H,2,5-6,9-11H2. The lowest BCUT2D eigenvalue weighted by atomic mass is 10.2. The molecule has 1 heterocycles. The van der Waals surface area contributed by atoms with E-state index in [1.54, 1.807) is 0 Å². The summed E-state index contributed by atoms with van der Waals surface area (Å²) in [4.78, 5) is 3.51. The van der Waals surface area contributed by atoms with Crippen LogP contribution >= 0.6 is 12.2 Å². The van der Waals surface area contributed by atoms with Crippen LogP contribution in [0.5, 0.6) is 0 Å². The Hall–Kier alpha value is -0.890. The zero-order valence-corrected chi connectivity index (χ0v) is 9.80. The molecule has 0 N–H and O–H groups in total. The molecule has 1 aliphatic rings. The maximum Gasteiger partial charge on any atom is 0.0782 e. The van der Waals surface area contributed by atoms with Crippen LogP contribution in [-0.4, -0.2) is 16.4 Å². The van der Waals surface area contributed by atoms with Crippen LogP contribution < -0.4 is 0 Å². The SMILES string of the molecule is S=C1CCCCCN1Cc1ccccc1. The van der Waals surface area contributed by atoms with Gasteiger partial charge < -0.3 is 4.90 Å². The predicted molar refractivity (Wildman–Crippen MR) is 67.9 cm³/mol. The van der Waals surface area contributed by atoms with Gasteiger partial charge in [-0.15, -0.1) is 0 Å². The minimum Gasteiger partial charge on any atom is -0.362 e. The number of nitrogens with zero attached hydrogens (tertiary/aromatic N) is 1. The maximum atomic E-state index is 5.44. The van der Waals surface area contributed by atoms with Crippen molar-refractivity contribution < 1.29 is 0 Å². The second-order valence-electron chi connectivity index (χ2n) is 4.11. The first kappa shape index (κ1) is 10.6. The van der Waals surface area contributed by atoms with E-state index in [9.17, 15) is 0 Å². The minimum absolute atomic E-state index is 0.986. The first-order chi connectivity index (χ1) is 7.36. The molecule has 0 aromatic heterocycles. The Morgan fingerprint density at radius 2 is 1.87 bits per heavy atom. The van der Waals surface area contributed by atoms with Gasteiger partial charge in [-0.1, -0.05) is 49.0 Å². The summed E-state index contributed by atoms with van der Waals surface area (Å²) in [6.45, 7) is 2.12. The van der Waals surface area contributed by atoms with Gasteiger partial charge in [0.2, 0.25) is 0 Å². The minimum atomic E-state index is 0.986. The molecule has 1 nitrogen and oxygen atoms in total. The van der Waals surface area contributed by atoms with E-state index in [4.69, 9.17) is 12.2 Å². The Morgan fingerprint density at radius 1 is 1.07 bits per heavy atom. The van der Waals surface area contributed by atoms with Gasteiger partial charge in [-0.25, -0.2) is 0 Å². The van der Waals surface area contributed by atoms with Gasteiger partial charge in [0.1, 0.15) is 0 Å². The van der Waals surface area contributed by atoms with E-state index < -0.39 is 0 Å². The average molecular weight is 219 g/mol. The average Bonchev–Trinajstić information content (AvgIpc) is 2.46. The van der Waals surface area contributed by atoms with Crippen molar-refractivity contribution in [2.75, 3.05) is 6.54 Å². The highest BCUT2D eigenvalue weighted by molar-refractivity contribution is 7.80. The van der Waals surface area contributed by atoms with E-state index >= 15 is 0 Å². The lowest BCUT2D eigenvalue weighted by Crippen LogP contribution is -2.28. The fraction of sp³-hybridized carbons (Fsp3) is 0.462. The fourth-order valence-corrected chi connectivity index (χ4v) is 2.31. The van der Waals surface area contributed by atoms with E-state index in [1.165, 1.54) is 24.8 Å². The molecule has 80 valence electrons. The van der Waals surface area contributed by atoms with Crippen molar-refractivity contribution in [1.82, 2.24) is 4.90 Å². The third-order valence-electron chi connectivity index (χ3n) is 2.89. The molecule has 1 saturated heterocycles. The summed E-state index contributed by atoms with van der Waals surface area (Å²) < 4.78 is 0. The van der Waals surface area contributed by atoms with Gasteiger partial charge in [-0.2, -0.15) is 0 Å². The van der Waals surface area contributed by atoms with Crippen LogP contribution in [0.4, 0.5) is 0 Å². The van der Waals surface area contributed by atoms with Crippen LogP contribution in [0.2, 0.25) is 0 Å². The first-order valence-electron chi connectivity index (χ1n) is 5.68. The Bertz CT molecular complexity index is 321. The topological polar surface area (TPSA) is 3.24 Å². The maximum absolute atomic E-state index is 5.44. The monoisotopic (exact) mass is 219 g/mol. The number of likely N-dealkylation sites (tertiary alicyclic amines) is 1. The molecule has 0 unspecified atom stereocenters. The van der Waals surface area contributed by atoms with Gasteiger partial charge >= 0.3 is 0 Å². The molecule has 0 aliphatic carbocycles. The molecule has 2 rings (SSSR count). The molecule has 0 amide bonds. The molecule has 0 bridgehead atoms. The molecular weight excluding hydrogens is 202 g/mol. The van der Waals surface area contributed by atoms with Gasteiger partial charge in [-0.05, 0) is 24.8 Å². The van der Waals surface area contributed by atoms with Crippen LogP contribution in [0.25, 0.3) is 0 Å². The Morgan fingerprint density at radius 3 is 2.67 bits per heavy atom. The zero-order chi connectivity index (χ0) is 10.5. The van der Waals surface area contributed by atoms with Crippen molar-refractivity contribution in [3.8, 4) is 0 Å². The second-order valence-corrected chi connectivity index (χ2v) is 4.58. The summed E-state index contributed by atoms with van der Waals surface area (Å²) in [7, 11) is 0. The molecule has 0 saturated carbocycles. The zero-order valence-electron chi connectivity index (χ0n) is 8.98. The Labute approximate surface area is 97.1 Å². The first-order valence-corrected chi connectivity index (χ1v) is 6.09. The van der Waals surface area contributed by atoms with Gasteiger partial charge in [-0.3, -0.25) is 0 Å². The van der Waals surface area contributed by atoms with E-state index in [0.29, 0.717) is 0 Å². The van der Waals surface area contributed by atoms with Gasteiger partial charge in [0, 0.05) is 13.1 Å². The number of hydrogen-bond donors (Lipinski definition) is 0. The van der Waals surface area contributed by atoms with Crippen molar-refractivity contribution in [2.45, 2.75) is 32.2 Å². The number of rotatable bonds is 2. The summed E-state index contributed by atoms with van der Waals surface area (Å²) in [5.41, 5.74) is 1.36. The van der Waals surface area contributed by atoms with Crippen molar-refractivity contribution in [3.63, 3.8) is 0 Å². The van der Waals surface area contributed by atoms with Gasteiger partial charge in [0.15, 0.2) is 0 Å². The summed E-state index contributed by atoms with van der Waals surface area (Å²) in [5, 5.41) is 0. The normalized spacial score (nSPS) is 17.6. The van der Waals surface area contributed by atoms with Crippen LogP contribution in [0.3, 0.4) is 0 Å². The summed E-state index contributed by atoms with van der Waals surface area (Å²) in [6.07, 6.45) is 4.98. The Balaban J connectivity index is 2.01. The van der Waals surface area contributed by atoms with Crippen molar-refractivity contribution in [1.29, 1.82) is 0 Å². The van der Waals surface area contributed by atoms with E-state index in [1.807, 2.05) is 0 Å². The molecule has 1 aliphatic heterocycles. The molecule has 0 radical (unpaired) electrons. The van der Waals surface area contributed by atoms with E-state index in [2.05, 4.69) is 35.2 Å². The van der Waals surface area contributed by atoms with Gasteiger partial charge in [0.25, 0.3) is 0 Å². The lowest BCUT2D eigenvalue weighted by molar-refractivity contribution is 0.415. The lowest BCUT2D eigenvalue weighted by Gasteiger charge is -2.23. The molecular formula is C13H17NS. The molecule has 1 aromatic carbocycles. The van der Waals surface area contributed by atoms with Crippen molar-refractivity contribution in [2.24, 2.45) is 0 Å². The second kappa shape index (κ2) is 5.26. The summed E-state index contributed by atoms with van der Waals surface area (Å²) in [5.74, 6) is 0. The summed E-state index contributed by atoms with van der Waals surface area (Å²) >= 11 is 5.44. The highest BCUT2D eigenvalue weighted by atomic mass is 32.1. The van der Waals surface area contributed by atoms with E-state index in [0.717, 1.165) is 24.5 Å². The van der Waals surface area contributed by atoms with Crippen LogP contribution in [-0.2, 0) is 6.54 Å². The molecule has 0 spiro atoms. The molecule has 2 heteroatoms. The van der Waals surface area contributed by atoms with Crippen LogP contribution in [0.1, 0.15) is 31.2 Å². The van der Waals surface area contributed by atoms with Crippen LogP contribution in [0.15, 0.2) is 30.3 Å². The molecule has 15 heavy (non-hydrogen) atoms. The van der Waals surface area contributed by atoms with Crippen molar-refractivity contribution >= 4 is 17.2 Å². The number of thiocarbonyl (C=S) groups is 1. The highest BCUT2D eigenvalue weighted by Crippen LogP contribution is 2.15. The molecule has 1 fully saturated rings. The number of hydrogen-bond acceptors (Lipinski definition) is 1. The smallest absolute Gasteiger partial charge is 0.0782 e. The van der Waals surface area contributed by atoms with E-state index in [-0.39, 0.29) is 0 Å². The third kappa shape index (κ3) is 3.03. The predicted octanol–water partition coefficient (Wildman–Crippen LogP) is 3.39. The fourth-order valence-electron chi connectivity index (χ4n) is 2.01. The summed E-state index contributed by atoms with van der Waals surface area (Å²) in [6, 6.07) is 10.6. The van der Waals surface area contributed by atoms with Crippen LogP contribution in [0, 0.1) is 0 Å². The van der Waals surface area contributed by atoms with Gasteiger partial charge in [0.05, 0.1) is 4.99 Å². The molecule has 0 atom stereocenters.